The van der Waals surface area contributed by atoms with Crippen LogP contribution in [0.4, 0.5) is 0 Å². The van der Waals surface area contributed by atoms with Gasteiger partial charge in [0.2, 0.25) is 0 Å². The van der Waals surface area contributed by atoms with Crippen molar-refractivity contribution in [1.82, 2.24) is 4.98 Å². The number of nitrogens with zero attached hydrogens (tertiary/aromatic N) is 1. The van der Waals surface area contributed by atoms with Crippen molar-refractivity contribution in [3.8, 4) is 0 Å². The number of hydrogen-bond acceptors (Lipinski definition) is 3. The topological polar surface area (TPSA) is 42.4 Å². The zero-order chi connectivity index (χ0) is 12.4. The van der Waals surface area contributed by atoms with Crippen molar-refractivity contribution in [3.05, 3.63) is 23.4 Å². The fraction of sp³-hybridized carbons (Fsp3) is 0.545. The van der Waals surface area contributed by atoms with Gasteiger partial charge in [-0.1, -0.05) is 17.7 Å². The molecular weight excluding hydrogens is 224 g/mol. The van der Waals surface area contributed by atoms with Gasteiger partial charge < -0.3 is 9.76 Å². The molecule has 0 saturated heterocycles. The van der Waals surface area contributed by atoms with E-state index in [2.05, 4.69) is 4.98 Å². The van der Waals surface area contributed by atoms with Gasteiger partial charge in [0.25, 0.3) is 0 Å². The first-order valence-corrected chi connectivity index (χ1v) is 5.46. The average Bonchev–Trinajstić information content (AvgIpc) is 2.13. The highest BCUT2D eigenvalue weighted by Gasteiger charge is 2.35. The van der Waals surface area contributed by atoms with Crippen LogP contribution in [0, 0.1) is 0 Å². The Labute approximate surface area is 102 Å². The highest BCUT2D eigenvalue weighted by molar-refractivity contribution is 6.46. The first kappa shape index (κ1) is 13.5. The van der Waals surface area contributed by atoms with E-state index in [0.717, 1.165) is 0 Å². The fourth-order valence-electron chi connectivity index (χ4n) is 0.841. The van der Waals surface area contributed by atoms with Gasteiger partial charge in [0.1, 0.15) is 5.15 Å². The minimum absolute atomic E-state index is 0.415. The molecule has 5 heteroatoms. The number of rotatable bonds is 4. The second-order valence-corrected chi connectivity index (χ2v) is 5.08. The number of aromatic nitrogens is 1. The molecule has 0 fully saturated rings. The van der Waals surface area contributed by atoms with Crippen LogP contribution in [0.1, 0.15) is 27.7 Å². The predicted octanol–water partition coefficient (Wildman–Crippen LogP) is 1.55. The van der Waals surface area contributed by atoms with Crippen LogP contribution >= 0.6 is 11.6 Å². The molecule has 0 aliphatic rings. The number of pyridine rings is 1. The molecule has 0 unspecified atom stereocenters. The van der Waals surface area contributed by atoms with Crippen molar-refractivity contribution in [1.29, 1.82) is 0 Å². The third-order valence-corrected chi connectivity index (χ3v) is 2.89. The minimum Gasteiger partial charge on any atom is -0.425 e. The fourth-order valence-corrected chi connectivity index (χ4v) is 1.01. The van der Waals surface area contributed by atoms with Crippen molar-refractivity contribution in [3.63, 3.8) is 0 Å². The number of aliphatic hydroxyl groups is 1. The van der Waals surface area contributed by atoms with Crippen molar-refractivity contribution in [2.45, 2.75) is 38.9 Å². The van der Waals surface area contributed by atoms with Crippen molar-refractivity contribution >= 4 is 24.7 Å². The van der Waals surface area contributed by atoms with Gasteiger partial charge in [-0.3, -0.25) is 0 Å². The predicted molar refractivity (Wildman–Crippen MR) is 66.1 cm³/mol. The van der Waals surface area contributed by atoms with Crippen LogP contribution in [-0.2, 0) is 4.65 Å². The zero-order valence-electron chi connectivity index (χ0n) is 9.99. The first-order valence-electron chi connectivity index (χ1n) is 5.08. The van der Waals surface area contributed by atoms with Crippen molar-refractivity contribution in [2.24, 2.45) is 0 Å². The highest BCUT2D eigenvalue weighted by Crippen LogP contribution is 2.24. The SMILES string of the molecule is CC(C)(O)C(C)(C)O[B]c1cccc(Cl)n1. The molecule has 1 radical (unpaired) electrons. The summed E-state index contributed by atoms with van der Waals surface area (Å²) in [5, 5.41) is 10.3. The maximum absolute atomic E-state index is 9.89. The Kier molecular flexibility index (Phi) is 3.99. The van der Waals surface area contributed by atoms with Crippen LogP contribution in [0.25, 0.3) is 0 Å². The van der Waals surface area contributed by atoms with Crippen LogP contribution in [0.3, 0.4) is 0 Å². The molecule has 87 valence electrons. The smallest absolute Gasteiger partial charge is 0.351 e. The Balaban J connectivity index is 2.65. The molecule has 0 saturated carbocycles. The van der Waals surface area contributed by atoms with Crippen LogP contribution in [0.5, 0.6) is 0 Å². The minimum atomic E-state index is -0.942. The highest BCUT2D eigenvalue weighted by atomic mass is 35.5. The molecule has 3 nitrogen and oxygen atoms in total. The summed E-state index contributed by atoms with van der Waals surface area (Å²) in [6, 6.07) is 5.27. The summed E-state index contributed by atoms with van der Waals surface area (Å²) < 4.78 is 5.54. The summed E-state index contributed by atoms with van der Waals surface area (Å²) in [5.41, 5.74) is -1.01. The largest absolute Gasteiger partial charge is 0.425 e. The molecule has 0 aromatic carbocycles. The Morgan fingerprint density at radius 2 is 1.94 bits per heavy atom. The van der Waals surface area contributed by atoms with E-state index >= 15 is 0 Å². The van der Waals surface area contributed by atoms with E-state index in [0.29, 0.717) is 10.7 Å². The third-order valence-electron chi connectivity index (χ3n) is 2.68. The zero-order valence-corrected chi connectivity index (χ0v) is 10.7. The Morgan fingerprint density at radius 1 is 1.31 bits per heavy atom. The molecular formula is C11H16BClNO2. The second kappa shape index (κ2) is 4.74. The standard InChI is InChI=1S/C11H16BClNO2/c1-10(2,15)11(3,4)16-12-8-6-5-7-9(13)14-8/h5-7,15H,1-4H3. The third kappa shape index (κ3) is 3.47. The van der Waals surface area contributed by atoms with E-state index in [1.807, 2.05) is 13.8 Å². The molecule has 1 heterocycles. The molecule has 16 heavy (non-hydrogen) atoms. The van der Waals surface area contributed by atoms with Crippen LogP contribution < -0.4 is 5.59 Å². The molecule has 0 bridgehead atoms. The first-order chi connectivity index (χ1) is 7.22. The lowest BCUT2D eigenvalue weighted by Crippen LogP contribution is -2.49. The molecule has 0 spiro atoms. The molecule has 1 rings (SSSR count). The Hall–Kier alpha value is -0.575. The van der Waals surface area contributed by atoms with Gasteiger partial charge >= 0.3 is 7.48 Å². The van der Waals surface area contributed by atoms with Gasteiger partial charge in [0.05, 0.1) is 11.2 Å². The maximum atomic E-state index is 9.89. The molecule has 0 amide bonds. The van der Waals surface area contributed by atoms with Gasteiger partial charge in [-0.05, 0) is 39.8 Å². The van der Waals surface area contributed by atoms with Gasteiger partial charge in [0, 0.05) is 5.59 Å². The summed E-state index contributed by atoms with van der Waals surface area (Å²) in [4.78, 5) is 4.06. The second-order valence-electron chi connectivity index (χ2n) is 4.69. The van der Waals surface area contributed by atoms with Gasteiger partial charge in [-0.2, -0.15) is 0 Å². The summed E-state index contributed by atoms with van der Waals surface area (Å²) >= 11 is 5.75. The van der Waals surface area contributed by atoms with Crippen LogP contribution in [0.2, 0.25) is 5.15 Å². The summed E-state index contributed by atoms with van der Waals surface area (Å²) in [5.74, 6) is 0. The molecule has 1 N–H and O–H groups in total. The van der Waals surface area contributed by atoms with E-state index in [1.165, 1.54) is 7.48 Å². The van der Waals surface area contributed by atoms with Crippen LogP contribution in [0.15, 0.2) is 18.2 Å². The Bertz CT molecular complexity index is 363. The van der Waals surface area contributed by atoms with E-state index < -0.39 is 11.2 Å². The van der Waals surface area contributed by atoms with Gasteiger partial charge in [0.15, 0.2) is 0 Å². The average molecular weight is 241 g/mol. The molecule has 1 aromatic rings. The van der Waals surface area contributed by atoms with E-state index in [1.54, 1.807) is 32.0 Å². The van der Waals surface area contributed by atoms with E-state index in [-0.39, 0.29) is 0 Å². The lowest BCUT2D eigenvalue weighted by molar-refractivity contribution is -0.0893. The van der Waals surface area contributed by atoms with Crippen molar-refractivity contribution in [2.75, 3.05) is 0 Å². The summed E-state index contributed by atoms with van der Waals surface area (Å²) in [6.07, 6.45) is 0. The number of halogens is 1. The van der Waals surface area contributed by atoms with Gasteiger partial charge in [-0.25, -0.2) is 4.98 Å². The summed E-state index contributed by atoms with van der Waals surface area (Å²) in [6.45, 7) is 7.03. The maximum Gasteiger partial charge on any atom is 0.351 e. The lowest BCUT2D eigenvalue weighted by Gasteiger charge is -2.37. The molecule has 0 aliphatic carbocycles. The Morgan fingerprint density at radius 3 is 2.44 bits per heavy atom. The number of hydrogen-bond donors (Lipinski definition) is 1. The van der Waals surface area contributed by atoms with Gasteiger partial charge in [-0.15, -0.1) is 0 Å². The van der Waals surface area contributed by atoms with Crippen molar-refractivity contribution < 1.29 is 9.76 Å². The van der Waals surface area contributed by atoms with Crippen LogP contribution in [-0.4, -0.2) is 28.8 Å². The van der Waals surface area contributed by atoms with E-state index in [4.69, 9.17) is 16.3 Å². The monoisotopic (exact) mass is 240 g/mol. The normalized spacial score (nSPS) is 12.6. The molecule has 0 atom stereocenters. The molecule has 0 aliphatic heterocycles. The van der Waals surface area contributed by atoms with E-state index in [9.17, 15) is 5.11 Å². The lowest BCUT2D eigenvalue weighted by atomic mass is 9.85. The quantitative estimate of drug-likeness (QED) is 0.641. The molecule has 1 aromatic heterocycles. The summed E-state index contributed by atoms with van der Waals surface area (Å²) in [7, 11) is 1.50.